The number of aryl methyl sites for hydroxylation is 2. The first kappa shape index (κ1) is 16.0. The molecule has 0 amide bonds. The van der Waals surface area contributed by atoms with Gasteiger partial charge in [-0.1, -0.05) is 23.3 Å². The largest absolute Gasteiger partial charge is 0.304 e. The van der Waals surface area contributed by atoms with Crippen molar-refractivity contribution in [2.75, 3.05) is 0 Å². The van der Waals surface area contributed by atoms with Crippen molar-refractivity contribution in [3.63, 3.8) is 0 Å². The number of hydrogen-bond donors (Lipinski definition) is 0. The van der Waals surface area contributed by atoms with E-state index in [0.29, 0.717) is 4.80 Å². The molecule has 0 fully saturated rings. The molecule has 0 N–H and O–H groups in total. The molecule has 7 heteroatoms. The maximum absolute atomic E-state index is 12.4. The molecule has 2 heterocycles. The Labute approximate surface area is 142 Å². The Morgan fingerprint density at radius 1 is 1.30 bits per heavy atom. The standard InChI is InChI=1S/C16H14N2O2S3/c1-4-7-18-13-9-11(2)12(3)10-14(13)22-16(18)17-23(19,20)15-6-5-8-21-15/h1,5-6,8-10H,7H2,2-3H3. The summed E-state index contributed by atoms with van der Waals surface area (Å²) in [6, 6.07) is 7.31. The molecule has 0 atom stereocenters. The number of sulfonamides is 1. The van der Waals surface area contributed by atoms with Crippen molar-refractivity contribution in [3.8, 4) is 12.3 Å². The van der Waals surface area contributed by atoms with Crippen LogP contribution in [0.1, 0.15) is 11.1 Å². The fourth-order valence-corrected chi connectivity index (χ4v) is 5.47. The lowest BCUT2D eigenvalue weighted by Crippen LogP contribution is -2.16. The van der Waals surface area contributed by atoms with Crippen LogP contribution in [0.5, 0.6) is 0 Å². The first-order chi connectivity index (χ1) is 10.9. The highest BCUT2D eigenvalue weighted by Crippen LogP contribution is 2.23. The van der Waals surface area contributed by atoms with Gasteiger partial charge in [-0.25, -0.2) is 0 Å². The van der Waals surface area contributed by atoms with Crippen LogP contribution < -0.4 is 4.80 Å². The summed E-state index contributed by atoms with van der Waals surface area (Å²) < 4.78 is 31.8. The Morgan fingerprint density at radius 2 is 2.04 bits per heavy atom. The number of hydrogen-bond acceptors (Lipinski definition) is 4. The Hall–Kier alpha value is -1.88. The lowest BCUT2D eigenvalue weighted by Gasteiger charge is -2.03. The molecule has 0 saturated carbocycles. The van der Waals surface area contributed by atoms with E-state index in [1.165, 1.54) is 11.3 Å². The average molecular weight is 363 g/mol. The zero-order chi connectivity index (χ0) is 16.6. The number of fused-ring (bicyclic) bond motifs is 1. The van der Waals surface area contributed by atoms with E-state index in [2.05, 4.69) is 10.3 Å². The van der Waals surface area contributed by atoms with Crippen LogP contribution >= 0.6 is 22.7 Å². The van der Waals surface area contributed by atoms with E-state index in [1.54, 1.807) is 22.1 Å². The molecule has 0 radical (unpaired) electrons. The molecule has 1 aromatic carbocycles. The summed E-state index contributed by atoms with van der Waals surface area (Å²) in [6.45, 7) is 4.33. The minimum absolute atomic E-state index is 0.231. The molecule has 0 bridgehead atoms. The van der Waals surface area contributed by atoms with E-state index in [4.69, 9.17) is 6.42 Å². The fraction of sp³-hybridized carbons (Fsp3) is 0.188. The monoisotopic (exact) mass is 362 g/mol. The second kappa shape index (κ2) is 5.96. The number of thiophene rings is 1. The zero-order valence-corrected chi connectivity index (χ0v) is 15.1. The van der Waals surface area contributed by atoms with Gasteiger partial charge in [0.1, 0.15) is 4.21 Å². The van der Waals surface area contributed by atoms with Crippen molar-refractivity contribution >= 4 is 42.9 Å². The molecule has 3 rings (SSSR count). The van der Waals surface area contributed by atoms with Gasteiger partial charge in [-0.3, -0.25) is 0 Å². The van der Waals surface area contributed by atoms with Crippen LogP contribution in [0.25, 0.3) is 10.2 Å². The molecular formula is C16H14N2O2S3. The summed E-state index contributed by atoms with van der Waals surface area (Å²) in [6.07, 6.45) is 5.45. The summed E-state index contributed by atoms with van der Waals surface area (Å²) in [7, 11) is -3.71. The van der Waals surface area contributed by atoms with E-state index >= 15 is 0 Å². The van der Waals surface area contributed by atoms with Gasteiger partial charge in [0.25, 0.3) is 10.0 Å². The van der Waals surface area contributed by atoms with Gasteiger partial charge >= 0.3 is 0 Å². The second-order valence-corrected chi connectivity index (χ2v) is 8.87. The topological polar surface area (TPSA) is 51.4 Å². The number of nitrogens with zero attached hydrogens (tertiary/aromatic N) is 2. The second-order valence-electron chi connectivity index (χ2n) is 5.08. The van der Waals surface area contributed by atoms with Crippen LogP contribution in [-0.2, 0) is 16.6 Å². The summed E-state index contributed by atoms with van der Waals surface area (Å²) in [5.74, 6) is 2.57. The zero-order valence-electron chi connectivity index (χ0n) is 12.6. The van der Waals surface area contributed by atoms with Gasteiger partial charge in [0.2, 0.25) is 4.80 Å². The Bertz CT molecular complexity index is 1080. The minimum atomic E-state index is -3.71. The molecule has 0 aliphatic heterocycles. The van der Waals surface area contributed by atoms with Crippen LogP contribution in [0.2, 0.25) is 0 Å². The number of aromatic nitrogens is 1. The number of benzene rings is 1. The molecule has 0 aliphatic rings. The summed E-state index contributed by atoms with van der Waals surface area (Å²) >= 11 is 2.49. The summed E-state index contributed by atoms with van der Waals surface area (Å²) in [5, 5.41) is 1.72. The van der Waals surface area contributed by atoms with E-state index in [1.807, 2.05) is 26.0 Å². The van der Waals surface area contributed by atoms with Crippen LogP contribution in [0, 0.1) is 26.2 Å². The lowest BCUT2D eigenvalue weighted by atomic mass is 10.1. The van der Waals surface area contributed by atoms with Crippen molar-refractivity contribution in [2.45, 2.75) is 24.6 Å². The van der Waals surface area contributed by atoms with Crippen molar-refractivity contribution in [1.29, 1.82) is 0 Å². The molecule has 2 aromatic heterocycles. The third kappa shape index (κ3) is 2.98. The lowest BCUT2D eigenvalue weighted by molar-refractivity contribution is 0.598. The SMILES string of the molecule is C#CCn1c(=NS(=O)(=O)c2cccs2)sc2cc(C)c(C)cc21. The smallest absolute Gasteiger partial charge is 0.294 e. The van der Waals surface area contributed by atoms with Gasteiger partial charge in [0.05, 0.1) is 16.8 Å². The molecule has 118 valence electrons. The predicted octanol–water partition coefficient (Wildman–Crippen LogP) is 3.30. The molecule has 4 nitrogen and oxygen atoms in total. The van der Waals surface area contributed by atoms with Gasteiger partial charge in [0.15, 0.2) is 0 Å². The Balaban J connectivity index is 2.31. The maximum atomic E-state index is 12.4. The molecule has 0 unspecified atom stereocenters. The number of rotatable bonds is 3. The fourth-order valence-electron chi connectivity index (χ4n) is 2.19. The number of thiazole rings is 1. The molecule has 0 saturated heterocycles. The quantitative estimate of drug-likeness (QED) is 0.671. The van der Waals surface area contributed by atoms with Crippen LogP contribution in [0.3, 0.4) is 0 Å². The van der Waals surface area contributed by atoms with Gasteiger partial charge < -0.3 is 4.57 Å². The highest BCUT2D eigenvalue weighted by molar-refractivity contribution is 7.92. The third-order valence-electron chi connectivity index (χ3n) is 3.50. The van der Waals surface area contributed by atoms with Crippen molar-refractivity contribution < 1.29 is 8.42 Å². The predicted molar refractivity (Wildman–Crippen MR) is 95.2 cm³/mol. The van der Waals surface area contributed by atoms with Crippen molar-refractivity contribution in [2.24, 2.45) is 4.40 Å². The van der Waals surface area contributed by atoms with Gasteiger partial charge in [-0.15, -0.1) is 22.2 Å². The van der Waals surface area contributed by atoms with Gasteiger partial charge in [-0.05, 0) is 48.6 Å². The first-order valence-corrected chi connectivity index (χ1v) is 9.94. The Morgan fingerprint density at radius 3 is 2.70 bits per heavy atom. The maximum Gasteiger partial charge on any atom is 0.294 e. The number of terminal acetylenes is 1. The average Bonchev–Trinajstić information content (AvgIpc) is 3.11. The van der Waals surface area contributed by atoms with E-state index < -0.39 is 10.0 Å². The van der Waals surface area contributed by atoms with Crippen LogP contribution in [0.4, 0.5) is 0 Å². The molecule has 3 aromatic rings. The van der Waals surface area contributed by atoms with Crippen LogP contribution in [-0.4, -0.2) is 13.0 Å². The van der Waals surface area contributed by atoms with E-state index in [-0.39, 0.29) is 10.8 Å². The van der Waals surface area contributed by atoms with Crippen LogP contribution in [0.15, 0.2) is 38.3 Å². The highest BCUT2D eigenvalue weighted by atomic mass is 32.2. The molecule has 0 spiro atoms. The summed E-state index contributed by atoms with van der Waals surface area (Å²) in [4.78, 5) is 0.399. The minimum Gasteiger partial charge on any atom is -0.304 e. The van der Waals surface area contributed by atoms with Crippen molar-refractivity contribution in [3.05, 3.63) is 45.6 Å². The van der Waals surface area contributed by atoms with Crippen molar-refractivity contribution in [1.82, 2.24) is 4.57 Å². The van der Waals surface area contributed by atoms with Gasteiger partial charge in [0, 0.05) is 0 Å². The summed E-state index contributed by atoms with van der Waals surface area (Å²) in [5.41, 5.74) is 3.20. The van der Waals surface area contributed by atoms with Gasteiger partial charge in [-0.2, -0.15) is 8.42 Å². The van der Waals surface area contributed by atoms with E-state index in [9.17, 15) is 8.42 Å². The third-order valence-corrected chi connectivity index (χ3v) is 7.29. The molecule has 0 aliphatic carbocycles. The highest BCUT2D eigenvalue weighted by Gasteiger charge is 2.15. The Kier molecular flexibility index (Phi) is 4.15. The van der Waals surface area contributed by atoms with E-state index in [0.717, 1.165) is 32.7 Å². The normalized spacial score (nSPS) is 12.7. The first-order valence-electron chi connectivity index (χ1n) is 6.81. The molecular weight excluding hydrogens is 348 g/mol. The molecule has 23 heavy (non-hydrogen) atoms.